The Morgan fingerprint density at radius 1 is 1.44 bits per heavy atom. The molecule has 2 N–H and O–H groups in total. The third kappa shape index (κ3) is 2.86. The molecule has 4 heteroatoms. The quantitative estimate of drug-likeness (QED) is 0.840. The first kappa shape index (κ1) is 13.3. The monoisotopic (exact) mass is 257 g/mol. The van der Waals surface area contributed by atoms with E-state index in [1.807, 2.05) is 19.1 Å². The van der Waals surface area contributed by atoms with Crippen molar-refractivity contribution in [3.8, 4) is 5.75 Å². The summed E-state index contributed by atoms with van der Waals surface area (Å²) in [6, 6.07) is 5.66. The van der Waals surface area contributed by atoms with Crippen LogP contribution < -0.4 is 10.5 Å². The third-order valence-corrected chi connectivity index (χ3v) is 3.60. The molecule has 2 atom stereocenters. The molecule has 0 aliphatic heterocycles. The van der Waals surface area contributed by atoms with E-state index in [4.69, 9.17) is 34.3 Å². The second-order valence-electron chi connectivity index (χ2n) is 3.87. The molecule has 1 rings (SSSR count). The van der Waals surface area contributed by atoms with E-state index in [1.54, 1.807) is 13.2 Å². The summed E-state index contributed by atoms with van der Waals surface area (Å²) < 4.78 is 5.10. The molecule has 0 saturated carbocycles. The van der Waals surface area contributed by atoms with Crippen LogP contribution in [0.2, 0.25) is 5.02 Å². The molecule has 1 aromatic rings. The van der Waals surface area contributed by atoms with Crippen LogP contribution in [0, 0.1) is 5.92 Å². The van der Waals surface area contributed by atoms with Crippen molar-refractivity contribution in [3.05, 3.63) is 28.8 Å². The van der Waals surface area contributed by atoms with Gasteiger partial charge in [0.2, 0.25) is 0 Å². The van der Waals surface area contributed by atoms with Crippen molar-refractivity contribution in [2.24, 2.45) is 11.7 Å². The molecule has 0 radical (unpaired) electrons. The average molecular weight is 258 g/mol. The van der Waals surface area contributed by atoms with Gasteiger partial charge in [0.1, 0.15) is 5.75 Å². The van der Waals surface area contributed by atoms with Gasteiger partial charge < -0.3 is 10.5 Å². The van der Waals surface area contributed by atoms with Gasteiger partial charge in [0.25, 0.3) is 0 Å². The van der Waals surface area contributed by atoms with Crippen LogP contribution in [-0.4, -0.2) is 12.1 Å². The number of hydrogen-bond donors (Lipinski definition) is 1. The van der Waals surface area contributed by atoms with E-state index in [0.717, 1.165) is 11.3 Å². The lowest BCUT2D eigenvalue weighted by Gasteiger charge is -2.20. The van der Waals surface area contributed by atoms with Crippen molar-refractivity contribution in [1.82, 2.24) is 0 Å². The molecule has 0 amide bonds. The highest BCUT2D eigenvalue weighted by atomic mass is 35.5. The lowest BCUT2D eigenvalue weighted by Crippen LogP contribution is -2.23. The molecule has 0 aliphatic carbocycles. The van der Waals surface area contributed by atoms with E-state index in [9.17, 15) is 0 Å². The summed E-state index contributed by atoms with van der Waals surface area (Å²) >= 11 is 11.2. The summed E-state index contributed by atoms with van der Waals surface area (Å²) in [4.78, 5) is 0.513. The number of benzene rings is 1. The van der Waals surface area contributed by atoms with E-state index >= 15 is 0 Å². The second-order valence-corrected chi connectivity index (χ2v) is 4.75. The number of methoxy groups -OCH3 is 1. The molecule has 0 saturated heterocycles. The van der Waals surface area contributed by atoms with Gasteiger partial charge in [-0.1, -0.05) is 43.7 Å². The standard InChI is InChI=1S/C12H16ClNOS/c1-7(8(2)12(14)16)10-5-4-9(15-3)6-11(10)13/h4-8H,1-3H3,(H2,14,16). The Morgan fingerprint density at radius 3 is 2.50 bits per heavy atom. The van der Waals surface area contributed by atoms with E-state index in [-0.39, 0.29) is 11.8 Å². The zero-order chi connectivity index (χ0) is 12.3. The molecule has 2 nitrogen and oxygen atoms in total. The van der Waals surface area contributed by atoms with E-state index in [2.05, 4.69) is 6.92 Å². The Kier molecular flexibility index (Phi) is 4.56. The van der Waals surface area contributed by atoms with Crippen molar-refractivity contribution < 1.29 is 4.74 Å². The highest BCUT2D eigenvalue weighted by Gasteiger charge is 2.19. The fourth-order valence-electron chi connectivity index (χ4n) is 1.52. The molecule has 16 heavy (non-hydrogen) atoms. The van der Waals surface area contributed by atoms with Crippen molar-refractivity contribution >= 4 is 28.8 Å². The predicted molar refractivity (Wildman–Crippen MR) is 72.4 cm³/mol. The molecule has 0 heterocycles. The minimum atomic E-state index is 0.126. The zero-order valence-electron chi connectivity index (χ0n) is 9.66. The first-order chi connectivity index (χ1) is 7.47. The predicted octanol–water partition coefficient (Wildman–Crippen LogP) is 3.37. The minimum Gasteiger partial charge on any atom is -0.497 e. The Morgan fingerprint density at radius 2 is 2.06 bits per heavy atom. The number of ether oxygens (including phenoxy) is 1. The lowest BCUT2D eigenvalue weighted by molar-refractivity contribution is 0.414. The zero-order valence-corrected chi connectivity index (χ0v) is 11.2. The molecule has 0 aliphatic rings. The number of nitrogens with two attached hydrogens (primary N) is 1. The molecule has 0 aromatic heterocycles. The SMILES string of the molecule is COc1ccc(C(C)C(C)C(N)=S)c(Cl)c1. The fourth-order valence-corrected chi connectivity index (χ4v) is 2.07. The molecule has 0 fully saturated rings. The first-order valence-electron chi connectivity index (χ1n) is 5.10. The average Bonchev–Trinajstić information content (AvgIpc) is 2.26. The molecular weight excluding hydrogens is 242 g/mol. The van der Waals surface area contributed by atoms with Crippen LogP contribution in [0.1, 0.15) is 25.3 Å². The molecule has 1 aromatic carbocycles. The summed E-state index contributed by atoms with van der Waals surface area (Å²) in [6.45, 7) is 4.07. The molecule has 0 bridgehead atoms. The minimum absolute atomic E-state index is 0.126. The summed E-state index contributed by atoms with van der Waals surface area (Å²) in [6.07, 6.45) is 0. The maximum absolute atomic E-state index is 6.19. The van der Waals surface area contributed by atoms with Crippen LogP contribution >= 0.6 is 23.8 Å². The van der Waals surface area contributed by atoms with Crippen LogP contribution in [0.15, 0.2) is 18.2 Å². The van der Waals surface area contributed by atoms with E-state index < -0.39 is 0 Å². The lowest BCUT2D eigenvalue weighted by atomic mass is 9.89. The van der Waals surface area contributed by atoms with Crippen LogP contribution in [0.3, 0.4) is 0 Å². The van der Waals surface area contributed by atoms with Crippen molar-refractivity contribution in [1.29, 1.82) is 0 Å². The van der Waals surface area contributed by atoms with E-state index in [0.29, 0.717) is 10.0 Å². The van der Waals surface area contributed by atoms with E-state index in [1.165, 1.54) is 0 Å². The van der Waals surface area contributed by atoms with Crippen molar-refractivity contribution in [2.45, 2.75) is 19.8 Å². The van der Waals surface area contributed by atoms with Crippen molar-refractivity contribution in [2.75, 3.05) is 7.11 Å². The molecule has 88 valence electrons. The summed E-state index contributed by atoms with van der Waals surface area (Å²) in [5.74, 6) is 1.08. The van der Waals surface area contributed by atoms with Gasteiger partial charge in [-0.2, -0.15) is 0 Å². The van der Waals surface area contributed by atoms with Gasteiger partial charge in [0.05, 0.1) is 12.1 Å². The van der Waals surface area contributed by atoms with Crippen LogP contribution in [0.4, 0.5) is 0 Å². The Labute approximate surface area is 107 Å². The fraction of sp³-hybridized carbons (Fsp3) is 0.417. The highest BCUT2D eigenvalue weighted by Crippen LogP contribution is 2.32. The number of thiocarbonyl (C=S) groups is 1. The van der Waals surface area contributed by atoms with Gasteiger partial charge in [-0.15, -0.1) is 0 Å². The second kappa shape index (κ2) is 5.51. The van der Waals surface area contributed by atoms with Crippen LogP contribution in [-0.2, 0) is 0 Å². The summed E-state index contributed by atoms with van der Waals surface area (Å²) in [5.41, 5.74) is 6.69. The summed E-state index contributed by atoms with van der Waals surface area (Å²) in [5, 5.41) is 0.690. The van der Waals surface area contributed by atoms with Crippen LogP contribution in [0.5, 0.6) is 5.75 Å². The van der Waals surface area contributed by atoms with Gasteiger partial charge in [-0.3, -0.25) is 0 Å². The van der Waals surface area contributed by atoms with Gasteiger partial charge in [-0.25, -0.2) is 0 Å². The Hall–Kier alpha value is -0.800. The third-order valence-electron chi connectivity index (χ3n) is 2.90. The van der Waals surface area contributed by atoms with Crippen molar-refractivity contribution in [3.63, 3.8) is 0 Å². The first-order valence-corrected chi connectivity index (χ1v) is 5.88. The number of halogens is 1. The van der Waals surface area contributed by atoms with Gasteiger partial charge in [-0.05, 0) is 23.6 Å². The maximum Gasteiger partial charge on any atom is 0.120 e. The smallest absolute Gasteiger partial charge is 0.120 e. The summed E-state index contributed by atoms with van der Waals surface area (Å²) in [7, 11) is 1.62. The molecule has 0 spiro atoms. The normalized spacial score (nSPS) is 14.2. The highest BCUT2D eigenvalue weighted by molar-refractivity contribution is 7.80. The number of rotatable bonds is 4. The maximum atomic E-state index is 6.19. The molecular formula is C12H16ClNOS. The Bertz CT molecular complexity index is 395. The number of hydrogen-bond acceptors (Lipinski definition) is 2. The molecule has 2 unspecified atom stereocenters. The van der Waals surface area contributed by atoms with Crippen LogP contribution in [0.25, 0.3) is 0 Å². The van der Waals surface area contributed by atoms with Gasteiger partial charge >= 0.3 is 0 Å². The largest absolute Gasteiger partial charge is 0.497 e. The van der Waals surface area contributed by atoms with Gasteiger partial charge in [0.15, 0.2) is 0 Å². The van der Waals surface area contributed by atoms with Gasteiger partial charge in [0, 0.05) is 10.9 Å². The topological polar surface area (TPSA) is 35.2 Å². The Balaban J connectivity index is 3.00.